The molecule has 146 valence electrons. The summed E-state index contributed by atoms with van der Waals surface area (Å²) in [5, 5.41) is 16.4. The molecule has 2 aliphatic rings. The van der Waals surface area contributed by atoms with E-state index in [1.165, 1.54) is 12.1 Å². The van der Waals surface area contributed by atoms with Gasteiger partial charge in [0, 0.05) is 18.2 Å². The molecule has 0 aromatic heterocycles. The summed E-state index contributed by atoms with van der Waals surface area (Å²) in [5.74, 6) is 0.328. The number of halogens is 1. The highest BCUT2D eigenvalue weighted by Crippen LogP contribution is 2.34. The number of amides is 1. The average Bonchev–Trinajstić information content (AvgIpc) is 2.56. The zero-order chi connectivity index (χ0) is 17.9. The molecule has 3 N–H and O–H groups in total. The van der Waals surface area contributed by atoms with E-state index in [0.717, 1.165) is 45.4 Å². The van der Waals surface area contributed by atoms with E-state index in [1.807, 2.05) is 13.8 Å². The smallest absolute Gasteiger partial charge is 0.251 e. The number of aromatic hydroxyl groups is 1. The molecule has 1 aromatic carbocycles. The van der Waals surface area contributed by atoms with Gasteiger partial charge in [0.15, 0.2) is 0 Å². The van der Waals surface area contributed by atoms with Crippen molar-refractivity contribution in [3.8, 4) is 11.5 Å². The molecule has 1 spiro atoms. The number of ether oxygens (including phenoxy) is 2. The van der Waals surface area contributed by atoms with E-state index in [-0.39, 0.29) is 41.8 Å². The van der Waals surface area contributed by atoms with Gasteiger partial charge in [0.25, 0.3) is 5.91 Å². The minimum atomic E-state index is -0.271. The van der Waals surface area contributed by atoms with E-state index in [9.17, 15) is 9.90 Å². The van der Waals surface area contributed by atoms with Crippen LogP contribution in [0, 0.1) is 0 Å². The summed E-state index contributed by atoms with van der Waals surface area (Å²) in [4.78, 5) is 12.8. The van der Waals surface area contributed by atoms with Crippen LogP contribution in [0.5, 0.6) is 11.5 Å². The molecule has 7 heteroatoms. The predicted octanol–water partition coefficient (Wildman–Crippen LogP) is 2.63. The second kappa shape index (κ2) is 8.93. The zero-order valence-electron chi connectivity index (χ0n) is 15.4. The normalized spacial score (nSPS) is 21.9. The van der Waals surface area contributed by atoms with Crippen LogP contribution in [-0.4, -0.2) is 48.5 Å². The summed E-state index contributed by atoms with van der Waals surface area (Å²) < 4.78 is 11.7. The molecule has 1 unspecified atom stereocenters. The van der Waals surface area contributed by atoms with Crippen molar-refractivity contribution in [3.05, 3.63) is 23.8 Å². The van der Waals surface area contributed by atoms with E-state index >= 15 is 0 Å². The molecule has 2 aliphatic heterocycles. The van der Waals surface area contributed by atoms with Crippen molar-refractivity contribution in [1.29, 1.82) is 0 Å². The van der Waals surface area contributed by atoms with Crippen molar-refractivity contribution in [2.75, 3.05) is 19.7 Å². The lowest BCUT2D eigenvalue weighted by Gasteiger charge is -2.46. The molecular weight excluding hydrogens is 356 g/mol. The van der Waals surface area contributed by atoms with Crippen LogP contribution in [0.1, 0.15) is 49.9 Å². The largest absolute Gasteiger partial charge is 0.508 e. The maximum Gasteiger partial charge on any atom is 0.251 e. The Bertz CT molecular complexity index is 609. The number of benzene rings is 1. The number of rotatable bonds is 4. The topological polar surface area (TPSA) is 79.8 Å². The summed E-state index contributed by atoms with van der Waals surface area (Å²) in [6, 6.07) is 4.66. The molecular formula is C19H29ClN2O4. The molecule has 0 bridgehead atoms. The highest BCUT2D eigenvalue weighted by molar-refractivity contribution is 5.95. The highest BCUT2D eigenvalue weighted by atomic mass is 35.5. The Labute approximate surface area is 161 Å². The quantitative estimate of drug-likeness (QED) is 0.743. The summed E-state index contributed by atoms with van der Waals surface area (Å²) in [6.45, 7) is 6.38. The second-order valence-corrected chi connectivity index (χ2v) is 7.21. The maximum atomic E-state index is 12.8. The lowest BCUT2D eigenvalue weighted by Crippen LogP contribution is -2.60. The SMILES string of the molecule is CC(C)Oc1cc(O)cc(C(=O)NC2CCCOC23CCNCC3)c1.Cl. The Morgan fingerprint density at radius 2 is 2.08 bits per heavy atom. The van der Waals surface area contributed by atoms with Gasteiger partial charge in [-0.2, -0.15) is 0 Å². The van der Waals surface area contributed by atoms with Crippen molar-refractivity contribution in [2.45, 2.75) is 57.3 Å². The summed E-state index contributed by atoms with van der Waals surface area (Å²) >= 11 is 0. The third kappa shape index (κ3) is 4.81. The van der Waals surface area contributed by atoms with Crippen LogP contribution in [0.4, 0.5) is 0 Å². The summed E-state index contributed by atoms with van der Waals surface area (Å²) in [6.07, 6.45) is 3.64. The molecule has 3 rings (SSSR count). The lowest BCUT2D eigenvalue weighted by molar-refractivity contribution is -0.114. The highest BCUT2D eigenvalue weighted by Gasteiger charge is 2.43. The van der Waals surface area contributed by atoms with Gasteiger partial charge in [0.05, 0.1) is 17.7 Å². The first-order valence-electron chi connectivity index (χ1n) is 9.15. The van der Waals surface area contributed by atoms with Crippen molar-refractivity contribution in [2.24, 2.45) is 0 Å². The summed E-state index contributed by atoms with van der Waals surface area (Å²) in [5.41, 5.74) is 0.137. The fourth-order valence-corrected chi connectivity index (χ4v) is 3.77. The van der Waals surface area contributed by atoms with Gasteiger partial charge >= 0.3 is 0 Å². The maximum absolute atomic E-state index is 12.8. The molecule has 1 aromatic rings. The van der Waals surface area contributed by atoms with E-state index < -0.39 is 0 Å². The fraction of sp³-hybridized carbons (Fsp3) is 0.632. The number of piperidine rings is 1. The van der Waals surface area contributed by atoms with Crippen LogP contribution in [0.2, 0.25) is 0 Å². The van der Waals surface area contributed by atoms with Gasteiger partial charge in [-0.25, -0.2) is 0 Å². The van der Waals surface area contributed by atoms with Crippen LogP contribution in [0.15, 0.2) is 18.2 Å². The van der Waals surface area contributed by atoms with Gasteiger partial charge in [0.1, 0.15) is 11.5 Å². The molecule has 1 atom stereocenters. The van der Waals surface area contributed by atoms with Gasteiger partial charge in [-0.1, -0.05) is 0 Å². The van der Waals surface area contributed by atoms with Crippen molar-refractivity contribution < 1.29 is 19.4 Å². The number of phenols is 1. The molecule has 2 saturated heterocycles. The van der Waals surface area contributed by atoms with Crippen molar-refractivity contribution in [1.82, 2.24) is 10.6 Å². The van der Waals surface area contributed by atoms with Crippen molar-refractivity contribution in [3.63, 3.8) is 0 Å². The van der Waals surface area contributed by atoms with Crippen LogP contribution in [-0.2, 0) is 4.74 Å². The molecule has 0 aliphatic carbocycles. The van der Waals surface area contributed by atoms with Gasteiger partial charge in [-0.05, 0) is 64.8 Å². The minimum absolute atomic E-state index is 0. The van der Waals surface area contributed by atoms with Crippen molar-refractivity contribution >= 4 is 18.3 Å². The minimum Gasteiger partial charge on any atom is -0.508 e. The van der Waals surface area contributed by atoms with Gasteiger partial charge < -0.3 is 25.2 Å². The molecule has 0 saturated carbocycles. The monoisotopic (exact) mass is 384 g/mol. The first kappa shape index (κ1) is 20.8. The van der Waals surface area contributed by atoms with E-state index in [2.05, 4.69) is 10.6 Å². The number of carbonyl (C=O) groups excluding carboxylic acids is 1. The Balaban J connectivity index is 0.00000243. The number of nitrogens with one attached hydrogen (secondary N) is 2. The second-order valence-electron chi connectivity index (χ2n) is 7.21. The molecule has 2 heterocycles. The molecule has 0 radical (unpaired) electrons. The first-order valence-corrected chi connectivity index (χ1v) is 9.15. The molecule has 1 amide bonds. The van der Waals surface area contributed by atoms with E-state index in [4.69, 9.17) is 9.47 Å². The van der Waals surface area contributed by atoms with Crippen LogP contribution in [0.3, 0.4) is 0 Å². The van der Waals surface area contributed by atoms with Crippen LogP contribution in [0.25, 0.3) is 0 Å². The molecule has 2 fully saturated rings. The lowest BCUT2D eigenvalue weighted by atomic mass is 9.80. The Morgan fingerprint density at radius 1 is 1.35 bits per heavy atom. The van der Waals surface area contributed by atoms with E-state index in [0.29, 0.717) is 11.3 Å². The summed E-state index contributed by atoms with van der Waals surface area (Å²) in [7, 11) is 0. The van der Waals surface area contributed by atoms with Gasteiger partial charge in [0.2, 0.25) is 0 Å². The number of phenolic OH excluding ortho intramolecular Hbond substituents is 1. The number of carbonyl (C=O) groups is 1. The van der Waals surface area contributed by atoms with Crippen LogP contribution >= 0.6 is 12.4 Å². The van der Waals surface area contributed by atoms with Gasteiger partial charge in [-0.15, -0.1) is 12.4 Å². The fourth-order valence-electron chi connectivity index (χ4n) is 3.77. The molecule has 6 nitrogen and oxygen atoms in total. The predicted molar refractivity (Wildman–Crippen MR) is 102 cm³/mol. The third-order valence-electron chi connectivity index (χ3n) is 4.94. The average molecular weight is 385 g/mol. The Kier molecular flexibility index (Phi) is 7.15. The first-order chi connectivity index (χ1) is 12.0. The van der Waals surface area contributed by atoms with Gasteiger partial charge in [-0.3, -0.25) is 4.79 Å². The molecule has 26 heavy (non-hydrogen) atoms. The number of hydrogen-bond acceptors (Lipinski definition) is 5. The van der Waals surface area contributed by atoms with Crippen LogP contribution < -0.4 is 15.4 Å². The third-order valence-corrected chi connectivity index (χ3v) is 4.94. The zero-order valence-corrected chi connectivity index (χ0v) is 16.2. The number of hydrogen-bond donors (Lipinski definition) is 3. The Hall–Kier alpha value is -1.50. The van der Waals surface area contributed by atoms with E-state index in [1.54, 1.807) is 6.07 Å². The standard InChI is InChI=1S/C19H28N2O4.ClH/c1-13(2)25-16-11-14(10-15(22)12-16)18(23)21-17-4-3-9-24-19(17)5-7-20-8-6-19;/h10-13,17,20,22H,3-9H2,1-2H3,(H,21,23);1H. The Morgan fingerprint density at radius 3 is 2.77 bits per heavy atom.